The number of nitrogens with one attached hydrogen (secondary N) is 2. The van der Waals surface area contributed by atoms with E-state index in [0.717, 1.165) is 38.4 Å². The molecule has 0 atom stereocenters. The van der Waals surface area contributed by atoms with Crippen molar-refractivity contribution in [1.29, 1.82) is 0 Å². The highest BCUT2D eigenvalue weighted by molar-refractivity contribution is 14.0. The molecule has 2 aliphatic rings. The van der Waals surface area contributed by atoms with Crippen molar-refractivity contribution in [2.45, 2.75) is 57.8 Å². The minimum absolute atomic E-state index is 0. The highest BCUT2D eigenvalue weighted by Gasteiger charge is 2.14. The number of hydrogen-bond donors (Lipinski definition) is 2. The van der Waals surface area contributed by atoms with Gasteiger partial charge >= 0.3 is 0 Å². The first-order valence-electron chi connectivity index (χ1n) is 9.99. The Morgan fingerprint density at radius 1 is 1.08 bits per heavy atom. The smallest absolute Gasteiger partial charge is 0.191 e. The van der Waals surface area contributed by atoms with E-state index in [9.17, 15) is 0 Å². The number of hydrogen-bond acceptors (Lipinski definition) is 4. The second-order valence-electron chi connectivity index (χ2n) is 7.12. The van der Waals surface area contributed by atoms with Crippen molar-refractivity contribution < 1.29 is 0 Å². The van der Waals surface area contributed by atoms with Crippen molar-refractivity contribution >= 4 is 41.3 Å². The maximum Gasteiger partial charge on any atom is 0.191 e. The van der Waals surface area contributed by atoms with Crippen molar-refractivity contribution in [2.75, 3.05) is 39.8 Å². The summed E-state index contributed by atoms with van der Waals surface area (Å²) in [6.45, 7) is 5.55. The van der Waals surface area contributed by atoms with Crippen LogP contribution in [-0.2, 0) is 19.3 Å². The fraction of sp³-hybridized carbons (Fsp3) is 0.789. The second-order valence-corrected chi connectivity index (χ2v) is 8.28. The molecule has 0 amide bonds. The number of rotatable bonds is 7. The fourth-order valence-corrected chi connectivity index (χ4v) is 4.89. The van der Waals surface area contributed by atoms with Gasteiger partial charge in [-0.05, 0) is 58.0 Å². The van der Waals surface area contributed by atoms with E-state index < -0.39 is 0 Å². The third-order valence-corrected chi connectivity index (χ3v) is 6.36. The molecule has 0 unspecified atom stereocenters. The lowest BCUT2D eigenvalue weighted by Gasteiger charge is -2.26. The van der Waals surface area contributed by atoms with Gasteiger partial charge in [0.1, 0.15) is 0 Å². The lowest BCUT2D eigenvalue weighted by Crippen LogP contribution is -2.42. The van der Waals surface area contributed by atoms with Gasteiger partial charge in [0.25, 0.3) is 0 Å². The van der Waals surface area contributed by atoms with Crippen LogP contribution in [-0.4, -0.2) is 55.6 Å². The van der Waals surface area contributed by atoms with Crippen molar-refractivity contribution in [3.8, 4) is 0 Å². The van der Waals surface area contributed by atoms with Gasteiger partial charge in [-0.25, -0.2) is 4.98 Å². The summed E-state index contributed by atoms with van der Waals surface area (Å²) in [6.07, 6.45) is 11.4. The van der Waals surface area contributed by atoms with Gasteiger partial charge in [-0.1, -0.05) is 6.42 Å². The van der Waals surface area contributed by atoms with E-state index in [1.165, 1.54) is 68.7 Å². The summed E-state index contributed by atoms with van der Waals surface area (Å²) in [7, 11) is 1.85. The van der Waals surface area contributed by atoms with Crippen molar-refractivity contribution in [3.05, 3.63) is 15.6 Å². The minimum atomic E-state index is 0. The number of guanidine groups is 1. The number of aromatic nitrogens is 1. The zero-order valence-electron chi connectivity index (χ0n) is 16.1. The van der Waals surface area contributed by atoms with Crippen LogP contribution in [0, 0.1) is 0 Å². The highest BCUT2D eigenvalue weighted by Crippen LogP contribution is 2.27. The van der Waals surface area contributed by atoms with Gasteiger partial charge in [-0.3, -0.25) is 4.99 Å². The van der Waals surface area contributed by atoms with Crippen LogP contribution in [0.4, 0.5) is 0 Å². The Morgan fingerprint density at radius 3 is 2.62 bits per heavy atom. The zero-order chi connectivity index (χ0) is 17.3. The van der Waals surface area contributed by atoms with Gasteiger partial charge in [0.15, 0.2) is 5.96 Å². The van der Waals surface area contributed by atoms with Gasteiger partial charge < -0.3 is 15.5 Å². The Kier molecular flexibility index (Phi) is 10.2. The average Bonchev–Trinajstić information content (AvgIpc) is 3.07. The van der Waals surface area contributed by atoms with Crippen LogP contribution in [0.5, 0.6) is 0 Å². The molecule has 2 N–H and O–H groups in total. The number of aryl methyl sites for hydroxylation is 3. The summed E-state index contributed by atoms with van der Waals surface area (Å²) in [5.74, 6) is 0.926. The SMILES string of the molecule is CN=C(NCCCc1nc2c(s1)CCCC2)NCCN1CCCCC1.I. The maximum atomic E-state index is 4.83. The molecule has 0 bridgehead atoms. The number of thiazole rings is 1. The van der Waals surface area contributed by atoms with Crippen LogP contribution < -0.4 is 10.6 Å². The molecule has 2 heterocycles. The molecule has 1 aromatic rings. The fourth-order valence-electron chi connectivity index (χ4n) is 3.69. The average molecular weight is 491 g/mol. The molecular formula is C19H34IN5S. The molecule has 148 valence electrons. The summed E-state index contributed by atoms with van der Waals surface area (Å²) >= 11 is 1.94. The molecule has 0 saturated carbocycles. The van der Waals surface area contributed by atoms with Crippen molar-refractivity contribution in [1.82, 2.24) is 20.5 Å². The summed E-state index contributed by atoms with van der Waals surface area (Å²) < 4.78 is 0. The third kappa shape index (κ3) is 6.96. The van der Waals surface area contributed by atoms with Crippen LogP contribution in [0.15, 0.2) is 4.99 Å². The van der Waals surface area contributed by atoms with Gasteiger partial charge in [-0.15, -0.1) is 35.3 Å². The number of aliphatic imine (C=N–C) groups is 1. The molecule has 7 heteroatoms. The predicted octanol–water partition coefficient (Wildman–Crippen LogP) is 3.22. The number of piperidine rings is 1. The lowest BCUT2D eigenvalue weighted by molar-refractivity contribution is 0.232. The van der Waals surface area contributed by atoms with Crippen LogP contribution in [0.2, 0.25) is 0 Å². The van der Waals surface area contributed by atoms with Crippen LogP contribution in [0.3, 0.4) is 0 Å². The Hall–Kier alpha value is -0.410. The van der Waals surface area contributed by atoms with Crippen molar-refractivity contribution in [3.63, 3.8) is 0 Å². The minimum Gasteiger partial charge on any atom is -0.356 e. The molecule has 1 aliphatic carbocycles. The number of likely N-dealkylation sites (tertiary alicyclic amines) is 1. The molecular weight excluding hydrogens is 457 g/mol. The monoisotopic (exact) mass is 491 g/mol. The topological polar surface area (TPSA) is 52.6 Å². The predicted molar refractivity (Wildman–Crippen MR) is 122 cm³/mol. The van der Waals surface area contributed by atoms with Crippen molar-refractivity contribution in [2.24, 2.45) is 4.99 Å². The quantitative estimate of drug-likeness (QED) is 0.266. The van der Waals surface area contributed by atoms with E-state index in [-0.39, 0.29) is 24.0 Å². The van der Waals surface area contributed by atoms with Gasteiger partial charge in [-0.2, -0.15) is 0 Å². The van der Waals surface area contributed by atoms with Crippen LogP contribution in [0.25, 0.3) is 0 Å². The summed E-state index contributed by atoms with van der Waals surface area (Å²) in [5, 5.41) is 8.20. The molecule has 3 rings (SSSR count). The molecule has 0 aromatic carbocycles. The normalized spacial score (nSPS) is 18.1. The van der Waals surface area contributed by atoms with E-state index in [2.05, 4.69) is 20.5 Å². The molecule has 1 saturated heterocycles. The Labute approximate surface area is 179 Å². The molecule has 0 radical (unpaired) electrons. The molecule has 1 aliphatic heterocycles. The molecule has 26 heavy (non-hydrogen) atoms. The second kappa shape index (κ2) is 12.1. The molecule has 5 nitrogen and oxygen atoms in total. The number of halogens is 1. The van der Waals surface area contributed by atoms with E-state index >= 15 is 0 Å². The standard InChI is InChI=1S/C19H33N5S.HI/c1-20-19(22-12-15-24-13-5-2-6-14-24)21-11-7-10-18-23-16-8-3-4-9-17(16)25-18;/h2-15H2,1H3,(H2,20,21,22);1H. The largest absolute Gasteiger partial charge is 0.356 e. The van der Waals surface area contributed by atoms with Gasteiger partial charge in [0.2, 0.25) is 0 Å². The first-order valence-corrected chi connectivity index (χ1v) is 10.8. The lowest BCUT2D eigenvalue weighted by atomic mass is 10.0. The van der Waals surface area contributed by atoms with E-state index in [1.54, 1.807) is 4.88 Å². The number of fused-ring (bicyclic) bond motifs is 1. The molecule has 1 aromatic heterocycles. The van der Waals surface area contributed by atoms with E-state index in [4.69, 9.17) is 4.98 Å². The van der Waals surface area contributed by atoms with E-state index in [0.29, 0.717) is 0 Å². The Balaban J connectivity index is 0.00000243. The van der Waals surface area contributed by atoms with Gasteiger partial charge in [0, 0.05) is 38.0 Å². The summed E-state index contributed by atoms with van der Waals surface area (Å²) in [4.78, 5) is 13.3. The first-order chi connectivity index (χ1) is 12.3. The highest BCUT2D eigenvalue weighted by atomic mass is 127. The Morgan fingerprint density at radius 2 is 1.85 bits per heavy atom. The van der Waals surface area contributed by atoms with Gasteiger partial charge in [0.05, 0.1) is 10.7 Å². The molecule has 0 spiro atoms. The van der Waals surface area contributed by atoms with E-state index in [1.807, 2.05) is 18.4 Å². The van der Waals surface area contributed by atoms with Crippen LogP contribution >= 0.6 is 35.3 Å². The Bertz CT molecular complexity index is 531. The molecule has 1 fully saturated rings. The first kappa shape index (κ1) is 21.9. The third-order valence-electron chi connectivity index (χ3n) is 5.14. The van der Waals surface area contributed by atoms with Crippen LogP contribution in [0.1, 0.15) is 54.1 Å². The zero-order valence-corrected chi connectivity index (χ0v) is 19.2. The maximum absolute atomic E-state index is 4.83. The summed E-state index contributed by atoms with van der Waals surface area (Å²) in [5.41, 5.74) is 1.38. The number of nitrogens with zero attached hydrogens (tertiary/aromatic N) is 3. The summed E-state index contributed by atoms with van der Waals surface area (Å²) in [6, 6.07) is 0.